The third-order valence-corrected chi connectivity index (χ3v) is 7.76. The van der Waals surface area contributed by atoms with Crippen molar-refractivity contribution in [3.05, 3.63) is 82.5 Å². The van der Waals surface area contributed by atoms with E-state index in [0.717, 1.165) is 18.7 Å². The Kier molecular flexibility index (Phi) is 6.88. The van der Waals surface area contributed by atoms with Crippen LogP contribution in [-0.2, 0) is 13.1 Å². The Hall–Kier alpha value is -3.67. The van der Waals surface area contributed by atoms with Crippen molar-refractivity contribution >= 4 is 16.7 Å². The number of likely N-dealkylation sites (tertiary alicyclic amines) is 1. The highest BCUT2D eigenvalue weighted by molar-refractivity contribution is 5.75. The van der Waals surface area contributed by atoms with Crippen LogP contribution in [0, 0.1) is 11.6 Å². The molecule has 4 heterocycles. The third kappa shape index (κ3) is 5.29. The average Bonchev–Trinajstić information content (AvgIpc) is 3.39. The zero-order valence-electron chi connectivity index (χ0n) is 21.6. The Bertz CT molecular complexity index is 1520. The molecule has 11 heteroatoms. The largest absolute Gasteiger partial charge is 0.388 e. The van der Waals surface area contributed by atoms with E-state index in [1.807, 2.05) is 4.90 Å². The first-order valence-electron chi connectivity index (χ1n) is 13.3. The van der Waals surface area contributed by atoms with E-state index in [0.29, 0.717) is 68.0 Å². The Morgan fingerprint density at radius 3 is 2.49 bits per heavy atom. The molecular weight excluding hydrogens is 504 g/mol. The van der Waals surface area contributed by atoms with E-state index in [9.17, 15) is 18.7 Å². The molecule has 2 N–H and O–H groups in total. The molecule has 0 radical (unpaired) electrons. The number of anilines is 1. The standard InChI is InChI=1S/C28H31F2N7O2/c29-21-3-1-20(2-4-21)17-34-11-7-28(39,8-12-34)18-36-19-32-26-23(27(36)38)16-33-37(26)22-5-6-24(30)25(15-22)35-13-9-31-10-14-35/h1-6,15-16,19,31,39H,7-14,17-18H2. The summed E-state index contributed by atoms with van der Waals surface area (Å²) in [7, 11) is 0. The van der Waals surface area contributed by atoms with Gasteiger partial charge in [-0.25, -0.2) is 18.4 Å². The smallest absolute Gasteiger partial charge is 0.264 e. The molecule has 0 saturated carbocycles. The average molecular weight is 536 g/mol. The van der Waals surface area contributed by atoms with Crippen molar-refractivity contribution in [2.75, 3.05) is 44.2 Å². The highest BCUT2D eigenvalue weighted by Crippen LogP contribution is 2.27. The molecule has 9 nitrogen and oxygen atoms in total. The Morgan fingerprint density at radius 1 is 1.00 bits per heavy atom. The molecule has 0 atom stereocenters. The summed E-state index contributed by atoms with van der Waals surface area (Å²) in [6, 6.07) is 11.2. The van der Waals surface area contributed by atoms with Gasteiger partial charge in [0.15, 0.2) is 5.65 Å². The van der Waals surface area contributed by atoms with Gasteiger partial charge in [-0.2, -0.15) is 5.10 Å². The second-order valence-electron chi connectivity index (χ2n) is 10.5. The second kappa shape index (κ2) is 10.5. The van der Waals surface area contributed by atoms with Crippen LogP contribution >= 0.6 is 0 Å². The molecule has 2 saturated heterocycles. The van der Waals surface area contributed by atoms with Crippen molar-refractivity contribution in [3.8, 4) is 5.69 Å². The van der Waals surface area contributed by atoms with E-state index in [4.69, 9.17) is 0 Å². The van der Waals surface area contributed by atoms with Crippen molar-refractivity contribution in [1.82, 2.24) is 29.5 Å². The molecular formula is C28H31F2N7O2. The number of hydrogen-bond donors (Lipinski definition) is 2. The maximum atomic E-state index is 14.6. The molecule has 204 valence electrons. The van der Waals surface area contributed by atoms with Crippen LogP contribution < -0.4 is 15.8 Å². The van der Waals surface area contributed by atoms with Gasteiger partial charge < -0.3 is 15.3 Å². The minimum Gasteiger partial charge on any atom is -0.388 e. The maximum Gasteiger partial charge on any atom is 0.264 e. The fourth-order valence-corrected chi connectivity index (χ4v) is 5.48. The quantitative estimate of drug-likeness (QED) is 0.392. The summed E-state index contributed by atoms with van der Waals surface area (Å²) in [6.45, 7) is 5.12. The van der Waals surface area contributed by atoms with Crippen LogP contribution in [0.1, 0.15) is 18.4 Å². The Balaban J connectivity index is 1.18. The van der Waals surface area contributed by atoms with Crippen LogP contribution in [0.25, 0.3) is 16.7 Å². The van der Waals surface area contributed by atoms with Gasteiger partial charge in [0.1, 0.15) is 23.3 Å². The van der Waals surface area contributed by atoms with Crippen molar-refractivity contribution in [2.24, 2.45) is 0 Å². The number of fused-ring (bicyclic) bond motifs is 1. The topological polar surface area (TPSA) is 91.5 Å². The predicted octanol–water partition coefficient (Wildman–Crippen LogP) is 2.30. The highest BCUT2D eigenvalue weighted by atomic mass is 19.1. The van der Waals surface area contributed by atoms with Crippen LogP contribution in [-0.4, -0.2) is 74.2 Å². The molecule has 0 unspecified atom stereocenters. The lowest BCUT2D eigenvalue weighted by atomic mass is 9.91. The van der Waals surface area contributed by atoms with Gasteiger partial charge in [-0.3, -0.25) is 14.3 Å². The number of piperidine rings is 1. The summed E-state index contributed by atoms with van der Waals surface area (Å²) in [5.74, 6) is -0.560. The van der Waals surface area contributed by atoms with Gasteiger partial charge in [0.2, 0.25) is 0 Å². The molecule has 4 aromatic rings. The second-order valence-corrected chi connectivity index (χ2v) is 10.5. The predicted molar refractivity (Wildman–Crippen MR) is 144 cm³/mol. The normalized spacial score (nSPS) is 18.1. The van der Waals surface area contributed by atoms with Gasteiger partial charge in [-0.1, -0.05) is 12.1 Å². The summed E-state index contributed by atoms with van der Waals surface area (Å²) in [5.41, 5.74) is 1.21. The molecule has 0 spiro atoms. The van der Waals surface area contributed by atoms with Crippen LogP contribution in [0.2, 0.25) is 0 Å². The van der Waals surface area contributed by atoms with E-state index < -0.39 is 5.60 Å². The third-order valence-electron chi connectivity index (χ3n) is 7.76. The molecule has 2 fully saturated rings. The lowest BCUT2D eigenvalue weighted by molar-refractivity contribution is -0.0364. The Morgan fingerprint density at radius 2 is 1.74 bits per heavy atom. The van der Waals surface area contributed by atoms with E-state index in [1.54, 1.807) is 28.9 Å². The summed E-state index contributed by atoms with van der Waals surface area (Å²) < 4.78 is 30.8. The number of piperazine rings is 1. The summed E-state index contributed by atoms with van der Waals surface area (Å²) >= 11 is 0. The van der Waals surface area contributed by atoms with Crippen molar-refractivity contribution in [1.29, 1.82) is 0 Å². The van der Waals surface area contributed by atoms with Crippen LogP contribution in [0.15, 0.2) is 59.8 Å². The first kappa shape index (κ1) is 25.6. The number of nitrogens with zero attached hydrogens (tertiary/aromatic N) is 6. The number of rotatable bonds is 6. The molecule has 0 bridgehead atoms. The molecule has 2 aliphatic rings. The van der Waals surface area contributed by atoms with E-state index in [1.165, 1.54) is 35.3 Å². The van der Waals surface area contributed by atoms with E-state index in [2.05, 4.69) is 20.3 Å². The first-order chi connectivity index (χ1) is 18.9. The number of aromatic nitrogens is 4. The number of benzene rings is 2. The van der Waals surface area contributed by atoms with E-state index >= 15 is 0 Å². The van der Waals surface area contributed by atoms with Gasteiger partial charge >= 0.3 is 0 Å². The summed E-state index contributed by atoms with van der Waals surface area (Å²) in [5, 5.41) is 19.3. The number of hydrogen-bond acceptors (Lipinski definition) is 7. The number of aliphatic hydroxyl groups is 1. The zero-order valence-corrected chi connectivity index (χ0v) is 21.6. The molecule has 39 heavy (non-hydrogen) atoms. The maximum absolute atomic E-state index is 14.6. The lowest BCUT2D eigenvalue weighted by Gasteiger charge is -2.38. The molecule has 6 rings (SSSR count). The molecule has 2 aromatic carbocycles. The van der Waals surface area contributed by atoms with Crippen molar-refractivity contribution in [3.63, 3.8) is 0 Å². The lowest BCUT2D eigenvalue weighted by Crippen LogP contribution is -2.47. The fourth-order valence-electron chi connectivity index (χ4n) is 5.48. The van der Waals surface area contributed by atoms with E-state index in [-0.39, 0.29) is 23.7 Å². The van der Waals surface area contributed by atoms with Gasteiger partial charge in [-0.15, -0.1) is 0 Å². The minimum absolute atomic E-state index is 0.133. The van der Waals surface area contributed by atoms with Crippen molar-refractivity contribution in [2.45, 2.75) is 31.5 Å². The summed E-state index contributed by atoms with van der Waals surface area (Å²) in [6.07, 6.45) is 3.93. The zero-order chi connectivity index (χ0) is 27.0. The van der Waals surface area contributed by atoms with Crippen LogP contribution in [0.5, 0.6) is 0 Å². The molecule has 0 amide bonds. The molecule has 0 aliphatic carbocycles. The Labute approximate surface area is 224 Å². The van der Waals surface area contributed by atoms with Crippen LogP contribution in [0.3, 0.4) is 0 Å². The van der Waals surface area contributed by atoms with Crippen LogP contribution in [0.4, 0.5) is 14.5 Å². The fraction of sp³-hybridized carbons (Fsp3) is 0.393. The first-order valence-corrected chi connectivity index (χ1v) is 13.3. The molecule has 2 aromatic heterocycles. The van der Waals surface area contributed by atoms with Gasteiger partial charge in [0.25, 0.3) is 5.56 Å². The number of nitrogens with one attached hydrogen (secondary N) is 1. The highest BCUT2D eigenvalue weighted by Gasteiger charge is 2.33. The van der Waals surface area contributed by atoms with Gasteiger partial charge in [-0.05, 0) is 48.7 Å². The van der Waals surface area contributed by atoms with Crippen molar-refractivity contribution < 1.29 is 13.9 Å². The minimum atomic E-state index is -1.04. The van der Waals surface area contributed by atoms with Gasteiger partial charge in [0, 0.05) is 45.8 Å². The van der Waals surface area contributed by atoms with Gasteiger partial charge in [0.05, 0.1) is 29.7 Å². The summed E-state index contributed by atoms with van der Waals surface area (Å²) in [4.78, 5) is 22.1. The monoisotopic (exact) mass is 535 g/mol. The number of halogens is 2. The SMILES string of the molecule is O=c1c2cnn(-c3ccc(F)c(N4CCNCC4)c3)c2ncn1CC1(O)CCN(Cc2ccc(F)cc2)CC1. The molecule has 2 aliphatic heterocycles.